The van der Waals surface area contributed by atoms with Crippen molar-refractivity contribution in [2.45, 2.75) is 110 Å². The van der Waals surface area contributed by atoms with Crippen molar-refractivity contribution in [3.05, 3.63) is 35.5 Å². The van der Waals surface area contributed by atoms with Gasteiger partial charge in [0.2, 0.25) is 0 Å². The van der Waals surface area contributed by atoms with E-state index in [1.165, 1.54) is 38.5 Å². The van der Waals surface area contributed by atoms with Crippen LogP contribution in [0.4, 0.5) is 0 Å². The normalized spacial score (nSPS) is 38.8. The first kappa shape index (κ1) is 23.8. The fraction of sp³-hybridized carbons (Fsp3) is 0.778. The Balaban J connectivity index is 1.70. The Morgan fingerprint density at radius 2 is 1.97 bits per heavy atom. The second-order valence-corrected chi connectivity index (χ2v) is 11.3. The minimum absolute atomic E-state index is 0.374. The molecule has 3 aliphatic rings. The molecule has 0 saturated heterocycles. The fourth-order valence-corrected chi connectivity index (χ4v) is 6.74. The van der Waals surface area contributed by atoms with Crippen LogP contribution in [0.5, 0.6) is 0 Å². The quantitative estimate of drug-likeness (QED) is 0.520. The van der Waals surface area contributed by atoms with E-state index in [1.807, 2.05) is 13.8 Å². The molecule has 3 heteroatoms. The number of aliphatic hydroxyl groups excluding tert-OH is 2. The summed E-state index contributed by atoms with van der Waals surface area (Å²) in [6.45, 7) is 12.8. The molecule has 0 bridgehead atoms. The van der Waals surface area contributed by atoms with E-state index in [-0.39, 0.29) is 0 Å². The molecular formula is C27H44O3. The van der Waals surface area contributed by atoms with Gasteiger partial charge in [0.25, 0.3) is 0 Å². The number of rotatable bonds is 6. The Morgan fingerprint density at radius 1 is 1.23 bits per heavy atom. The van der Waals surface area contributed by atoms with E-state index in [0.717, 1.165) is 29.9 Å². The molecule has 3 fully saturated rings. The summed E-state index contributed by atoms with van der Waals surface area (Å²) in [4.78, 5) is 0. The number of allylic oxidation sites excluding steroid dienone is 3. The second kappa shape index (κ2) is 9.30. The molecule has 0 unspecified atom stereocenters. The highest BCUT2D eigenvalue weighted by Crippen LogP contribution is 2.60. The smallest absolute Gasteiger partial charge is 0.0811 e. The summed E-state index contributed by atoms with van der Waals surface area (Å²) in [5, 5.41) is 30.2. The third-order valence-electron chi connectivity index (χ3n) is 8.44. The van der Waals surface area contributed by atoms with Gasteiger partial charge in [0, 0.05) is 6.42 Å². The van der Waals surface area contributed by atoms with Crippen molar-refractivity contribution in [2.75, 3.05) is 0 Å². The van der Waals surface area contributed by atoms with Gasteiger partial charge < -0.3 is 15.3 Å². The van der Waals surface area contributed by atoms with Gasteiger partial charge in [0.1, 0.15) is 0 Å². The predicted octanol–water partition coefficient (Wildman–Crippen LogP) is 5.70. The molecule has 3 saturated carbocycles. The first-order chi connectivity index (χ1) is 14.0. The summed E-state index contributed by atoms with van der Waals surface area (Å²) in [6.07, 6.45) is 13.9. The zero-order valence-electron chi connectivity index (χ0n) is 19.7. The van der Waals surface area contributed by atoms with Gasteiger partial charge in [-0.3, -0.25) is 0 Å². The van der Waals surface area contributed by atoms with Gasteiger partial charge in [-0.15, -0.1) is 0 Å². The summed E-state index contributed by atoms with van der Waals surface area (Å²) in [7, 11) is 0. The van der Waals surface area contributed by atoms with E-state index in [1.54, 1.807) is 5.57 Å². The molecular weight excluding hydrogens is 372 g/mol. The predicted molar refractivity (Wildman–Crippen MR) is 124 cm³/mol. The largest absolute Gasteiger partial charge is 0.393 e. The van der Waals surface area contributed by atoms with E-state index in [9.17, 15) is 15.3 Å². The maximum Gasteiger partial charge on any atom is 0.0811 e. The van der Waals surface area contributed by atoms with Crippen molar-refractivity contribution in [1.82, 2.24) is 0 Å². The van der Waals surface area contributed by atoms with Crippen molar-refractivity contribution in [3.63, 3.8) is 0 Å². The van der Waals surface area contributed by atoms with Crippen molar-refractivity contribution in [3.8, 4) is 0 Å². The summed E-state index contributed by atoms with van der Waals surface area (Å²) in [6, 6.07) is 0. The molecule has 0 spiro atoms. The van der Waals surface area contributed by atoms with Gasteiger partial charge in [-0.1, -0.05) is 51.0 Å². The van der Waals surface area contributed by atoms with Crippen LogP contribution in [-0.2, 0) is 0 Å². The van der Waals surface area contributed by atoms with Crippen molar-refractivity contribution < 1.29 is 15.3 Å². The minimum Gasteiger partial charge on any atom is -0.393 e. The van der Waals surface area contributed by atoms with Gasteiger partial charge >= 0.3 is 0 Å². The molecule has 3 aliphatic carbocycles. The zero-order valence-corrected chi connectivity index (χ0v) is 19.7. The molecule has 0 aliphatic heterocycles. The van der Waals surface area contributed by atoms with Crippen LogP contribution in [0.1, 0.15) is 91.9 Å². The van der Waals surface area contributed by atoms with Gasteiger partial charge in [0.15, 0.2) is 0 Å². The molecule has 170 valence electrons. The van der Waals surface area contributed by atoms with E-state index >= 15 is 0 Å². The lowest BCUT2D eigenvalue weighted by Gasteiger charge is -2.44. The molecule has 30 heavy (non-hydrogen) atoms. The Labute approximate surface area is 184 Å². The van der Waals surface area contributed by atoms with Crippen LogP contribution in [0, 0.1) is 23.2 Å². The lowest BCUT2D eigenvalue weighted by molar-refractivity contribution is 0.0596. The average Bonchev–Trinajstić information content (AvgIpc) is 3.00. The first-order valence-corrected chi connectivity index (χ1v) is 12.2. The van der Waals surface area contributed by atoms with Crippen LogP contribution in [0.25, 0.3) is 0 Å². The molecule has 6 atom stereocenters. The SMILES string of the molecule is C=C1/C(=C\C=C2/CCC[C@]3(C)[C@@H]2CC[C@@H]3[C@H](C)CCCC(C)(C)O)C[C@H](O)C[C@@H]1O. The molecule has 0 aromatic heterocycles. The third-order valence-corrected chi connectivity index (χ3v) is 8.44. The fourth-order valence-electron chi connectivity index (χ4n) is 6.74. The Morgan fingerprint density at radius 3 is 2.67 bits per heavy atom. The van der Waals surface area contributed by atoms with E-state index in [4.69, 9.17) is 0 Å². The average molecular weight is 417 g/mol. The van der Waals surface area contributed by atoms with Gasteiger partial charge in [-0.25, -0.2) is 0 Å². The zero-order chi connectivity index (χ0) is 22.1. The number of hydrogen-bond donors (Lipinski definition) is 3. The number of aliphatic hydroxyl groups is 3. The molecule has 3 N–H and O–H groups in total. The van der Waals surface area contributed by atoms with Crippen LogP contribution < -0.4 is 0 Å². The molecule has 0 heterocycles. The second-order valence-electron chi connectivity index (χ2n) is 11.3. The van der Waals surface area contributed by atoms with Gasteiger partial charge in [-0.2, -0.15) is 0 Å². The van der Waals surface area contributed by atoms with Crippen LogP contribution in [0.2, 0.25) is 0 Å². The molecule has 0 aromatic carbocycles. The summed E-state index contributed by atoms with van der Waals surface area (Å²) >= 11 is 0. The summed E-state index contributed by atoms with van der Waals surface area (Å²) in [5.41, 5.74) is 3.17. The van der Waals surface area contributed by atoms with E-state index in [0.29, 0.717) is 30.1 Å². The Bertz CT molecular complexity index is 683. The molecule has 0 radical (unpaired) electrons. The van der Waals surface area contributed by atoms with Crippen LogP contribution in [-0.4, -0.2) is 33.1 Å². The highest BCUT2D eigenvalue weighted by Gasteiger charge is 2.50. The highest BCUT2D eigenvalue weighted by molar-refractivity contribution is 5.38. The number of hydrogen-bond acceptors (Lipinski definition) is 3. The third kappa shape index (κ3) is 5.29. The van der Waals surface area contributed by atoms with Crippen molar-refractivity contribution in [2.24, 2.45) is 23.2 Å². The van der Waals surface area contributed by atoms with E-state index in [2.05, 4.69) is 32.6 Å². The Kier molecular flexibility index (Phi) is 7.37. The molecule has 3 nitrogen and oxygen atoms in total. The summed E-state index contributed by atoms with van der Waals surface area (Å²) in [5.74, 6) is 2.11. The maximum atomic E-state index is 10.1. The number of fused-ring (bicyclic) bond motifs is 1. The molecule has 0 aromatic rings. The van der Waals surface area contributed by atoms with E-state index < -0.39 is 17.8 Å². The minimum atomic E-state index is -0.615. The van der Waals surface area contributed by atoms with Crippen LogP contribution in [0.15, 0.2) is 35.5 Å². The molecule has 0 amide bonds. The van der Waals surface area contributed by atoms with Crippen LogP contribution in [0.3, 0.4) is 0 Å². The van der Waals surface area contributed by atoms with Crippen molar-refractivity contribution >= 4 is 0 Å². The summed E-state index contributed by atoms with van der Waals surface area (Å²) < 4.78 is 0. The Hall–Kier alpha value is -0.900. The lowest BCUT2D eigenvalue weighted by atomic mass is 9.60. The topological polar surface area (TPSA) is 60.7 Å². The lowest BCUT2D eigenvalue weighted by Crippen LogP contribution is -2.36. The monoisotopic (exact) mass is 416 g/mol. The molecule has 3 rings (SSSR count). The van der Waals surface area contributed by atoms with Gasteiger partial charge in [0.05, 0.1) is 17.8 Å². The standard InChI is InChI=1S/C27H44O3/c1-18(8-6-14-26(3,4)30)23-12-13-24-20(9-7-15-27(23,24)5)10-11-21-16-22(28)17-25(29)19(21)2/h10-11,18,22-25,28-30H,2,6-9,12-17H2,1,3-5H3/b20-10+,21-11-/t18-,22+,23-,24-,25+,27+/m1/s1. The van der Waals surface area contributed by atoms with Crippen molar-refractivity contribution in [1.29, 1.82) is 0 Å². The van der Waals surface area contributed by atoms with Gasteiger partial charge in [-0.05, 0) is 93.1 Å². The van der Waals surface area contributed by atoms with Crippen LogP contribution >= 0.6 is 0 Å². The maximum absolute atomic E-state index is 10.1. The first-order valence-electron chi connectivity index (χ1n) is 12.2. The highest BCUT2D eigenvalue weighted by atomic mass is 16.3.